The molecule has 1 aromatic rings. The molecule has 9 heteroatoms. The third kappa shape index (κ3) is 6.03. The van der Waals surface area contributed by atoms with Gasteiger partial charge in [-0.15, -0.1) is 4.72 Å². The topological polar surface area (TPSA) is 90.9 Å². The highest BCUT2D eigenvalue weighted by atomic mass is 32.2. The number of carbonyl (C=O) groups is 1. The van der Waals surface area contributed by atoms with Gasteiger partial charge in [-0.3, -0.25) is 0 Å². The minimum atomic E-state index is -2.48. The van der Waals surface area contributed by atoms with Crippen LogP contribution in [0.25, 0.3) is 0 Å². The Bertz CT molecular complexity index is 649. The quantitative estimate of drug-likeness (QED) is 0.678. The van der Waals surface area contributed by atoms with Gasteiger partial charge in [-0.05, 0) is 39.0 Å². The number of benzene rings is 1. The number of hydrogen-bond donors (Lipinski definition) is 2. The Morgan fingerprint density at radius 1 is 1.41 bits per heavy atom. The second-order valence-electron chi connectivity index (χ2n) is 7.33. The van der Waals surface area contributed by atoms with Crippen LogP contribution in [-0.4, -0.2) is 45.9 Å². The van der Waals surface area contributed by atoms with Gasteiger partial charge in [0.15, 0.2) is 0 Å². The van der Waals surface area contributed by atoms with Gasteiger partial charge in [0.25, 0.3) is 0 Å². The number of nitrogens with one attached hydrogen (secondary N) is 1. The monoisotopic (exact) mass is 405 g/mol. The molecule has 0 radical (unpaired) electrons. The van der Waals surface area contributed by atoms with Gasteiger partial charge in [0.05, 0.1) is 13.2 Å². The number of alkyl halides is 1. The Morgan fingerprint density at radius 3 is 2.59 bits per heavy atom. The van der Waals surface area contributed by atoms with Crippen molar-refractivity contribution in [2.75, 3.05) is 13.2 Å². The van der Waals surface area contributed by atoms with Crippen LogP contribution in [0.5, 0.6) is 5.75 Å². The van der Waals surface area contributed by atoms with E-state index in [2.05, 4.69) is 4.72 Å². The molecule has 1 fully saturated rings. The summed E-state index contributed by atoms with van der Waals surface area (Å²) in [4.78, 5) is 11.2. The second kappa shape index (κ2) is 9.18. The molecule has 1 heterocycles. The summed E-state index contributed by atoms with van der Waals surface area (Å²) in [6.07, 6.45) is -1.26. The lowest BCUT2D eigenvalue weighted by Gasteiger charge is -2.29. The summed E-state index contributed by atoms with van der Waals surface area (Å²) in [5.74, 6) is -2.28. The van der Waals surface area contributed by atoms with Crippen molar-refractivity contribution in [3.63, 3.8) is 0 Å². The third-order valence-electron chi connectivity index (χ3n) is 4.09. The first-order valence-electron chi connectivity index (χ1n) is 8.68. The number of hydrogen-bond acceptors (Lipinski definition) is 5. The van der Waals surface area contributed by atoms with E-state index in [4.69, 9.17) is 14.6 Å². The normalized spacial score (nSPS) is 19.3. The molecule has 1 unspecified atom stereocenters. The van der Waals surface area contributed by atoms with Crippen molar-refractivity contribution < 1.29 is 32.7 Å². The lowest BCUT2D eigenvalue weighted by atomic mass is 10.0. The first kappa shape index (κ1) is 21.9. The predicted molar refractivity (Wildman–Crippen MR) is 97.2 cm³/mol. The molecule has 0 aliphatic carbocycles. The molecule has 2 rings (SSSR count). The fourth-order valence-electron chi connectivity index (χ4n) is 2.54. The molecule has 6 nitrogen and oxygen atoms in total. The van der Waals surface area contributed by atoms with Gasteiger partial charge in [0.2, 0.25) is 6.17 Å². The molecule has 0 amide bonds. The number of carboxylic acids is 1. The standard InChI is InChI=1S/C18H25F2NO5S/c1-18(2,3)27(24)21-16(15(20)17(22)23)13-10-12(4-5-14(13)19)26-11-6-8-25-9-7-11/h4-5,10-11,15-16,21H,6-9H2,1-3H3,(H,22,23)/t15-,16+,27?/m1/s1. The summed E-state index contributed by atoms with van der Waals surface area (Å²) in [7, 11) is 0. The molecule has 27 heavy (non-hydrogen) atoms. The maximum absolute atomic E-state index is 14.4. The van der Waals surface area contributed by atoms with Crippen LogP contribution in [0.3, 0.4) is 0 Å². The number of ether oxygens (including phenoxy) is 2. The van der Waals surface area contributed by atoms with Crippen LogP contribution < -0.4 is 9.46 Å². The van der Waals surface area contributed by atoms with Gasteiger partial charge in [-0.1, -0.05) is 0 Å². The van der Waals surface area contributed by atoms with E-state index in [1.165, 1.54) is 12.1 Å². The SMILES string of the molecule is CC(C)(C)[S+]([O-])N[C@@H](c1cc(OC2CCOCC2)ccc1F)[C@@H](F)C(=O)O. The largest absolute Gasteiger partial charge is 0.598 e. The van der Waals surface area contributed by atoms with E-state index in [0.717, 1.165) is 6.07 Å². The Hall–Kier alpha value is -1.42. The van der Waals surface area contributed by atoms with E-state index in [0.29, 0.717) is 31.8 Å². The molecule has 0 saturated carbocycles. The number of carboxylic acid groups (broad SMARTS) is 1. The van der Waals surface area contributed by atoms with E-state index in [1.807, 2.05) is 0 Å². The van der Waals surface area contributed by atoms with Crippen LogP contribution >= 0.6 is 0 Å². The molecule has 1 aliphatic rings. The Labute approximate surface area is 160 Å². The molecule has 1 saturated heterocycles. The number of aliphatic carboxylic acids is 1. The van der Waals surface area contributed by atoms with E-state index in [1.54, 1.807) is 20.8 Å². The van der Waals surface area contributed by atoms with Gasteiger partial charge >= 0.3 is 5.97 Å². The van der Waals surface area contributed by atoms with Crippen LogP contribution in [0.15, 0.2) is 18.2 Å². The Morgan fingerprint density at radius 2 is 2.04 bits per heavy atom. The maximum Gasteiger partial charge on any atom is 0.340 e. The van der Waals surface area contributed by atoms with Crippen molar-refractivity contribution in [2.45, 2.75) is 56.7 Å². The summed E-state index contributed by atoms with van der Waals surface area (Å²) < 4.78 is 53.8. The zero-order chi connectivity index (χ0) is 20.2. The Kier molecular flexibility index (Phi) is 7.44. The van der Waals surface area contributed by atoms with E-state index < -0.39 is 40.1 Å². The fourth-order valence-corrected chi connectivity index (χ4v) is 3.37. The minimum absolute atomic E-state index is 0.118. The molecular weight excluding hydrogens is 380 g/mol. The minimum Gasteiger partial charge on any atom is -0.598 e. The van der Waals surface area contributed by atoms with Crippen LogP contribution in [-0.2, 0) is 20.9 Å². The molecule has 0 bridgehead atoms. The van der Waals surface area contributed by atoms with Crippen molar-refractivity contribution in [1.29, 1.82) is 0 Å². The van der Waals surface area contributed by atoms with Crippen LogP contribution in [0, 0.1) is 5.82 Å². The predicted octanol–water partition coefficient (Wildman–Crippen LogP) is 2.90. The maximum atomic E-state index is 14.4. The average Bonchev–Trinajstić information content (AvgIpc) is 2.60. The van der Waals surface area contributed by atoms with Crippen molar-refractivity contribution in [3.05, 3.63) is 29.6 Å². The zero-order valence-electron chi connectivity index (χ0n) is 15.5. The van der Waals surface area contributed by atoms with Crippen LogP contribution in [0.1, 0.15) is 45.2 Å². The molecule has 0 aromatic heterocycles. The number of rotatable bonds is 7. The highest BCUT2D eigenvalue weighted by molar-refractivity contribution is 7.90. The molecule has 1 aliphatic heterocycles. The molecule has 0 spiro atoms. The van der Waals surface area contributed by atoms with Gasteiger partial charge in [-0.2, -0.15) is 0 Å². The van der Waals surface area contributed by atoms with Gasteiger partial charge < -0.3 is 19.1 Å². The summed E-state index contributed by atoms with van der Waals surface area (Å²) in [5, 5.41) is 9.07. The van der Waals surface area contributed by atoms with E-state index in [-0.39, 0.29) is 11.7 Å². The summed E-state index contributed by atoms with van der Waals surface area (Å²) >= 11 is -1.80. The average molecular weight is 405 g/mol. The Balaban J connectivity index is 2.29. The molecule has 152 valence electrons. The smallest absolute Gasteiger partial charge is 0.340 e. The van der Waals surface area contributed by atoms with E-state index >= 15 is 0 Å². The lowest BCUT2D eigenvalue weighted by molar-refractivity contribution is -0.143. The summed E-state index contributed by atoms with van der Waals surface area (Å²) in [5.41, 5.74) is -0.243. The van der Waals surface area contributed by atoms with Gasteiger partial charge in [-0.25, -0.2) is 13.6 Å². The number of halogens is 2. The highest BCUT2D eigenvalue weighted by Gasteiger charge is 2.38. The van der Waals surface area contributed by atoms with Crippen molar-refractivity contribution in [3.8, 4) is 5.75 Å². The summed E-state index contributed by atoms with van der Waals surface area (Å²) in [6, 6.07) is 2.13. The lowest BCUT2D eigenvalue weighted by Crippen LogP contribution is -2.45. The van der Waals surface area contributed by atoms with Crippen LogP contribution in [0.2, 0.25) is 0 Å². The third-order valence-corrected chi connectivity index (χ3v) is 5.67. The second-order valence-corrected chi connectivity index (χ2v) is 9.33. The van der Waals surface area contributed by atoms with Crippen molar-refractivity contribution >= 4 is 17.3 Å². The molecule has 2 N–H and O–H groups in total. The molecule has 3 atom stereocenters. The van der Waals surface area contributed by atoms with Gasteiger partial charge in [0, 0.05) is 29.8 Å². The van der Waals surface area contributed by atoms with E-state index in [9.17, 15) is 18.1 Å². The highest BCUT2D eigenvalue weighted by Crippen LogP contribution is 2.30. The molecule has 1 aromatic carbocycles. The first-order valence-corrected chi connectivity index (χ1v) is 9.83. The van der Waals surface area contributed by atoms with Crippen LogP contribution in [0.4, 0.5) is 8.78 Å². The van der Waals surface area contributed by atoms with Crippen molar-refractivity contribution in [1.82, 2.24) is 4.72 Å². The van der Waals surface area contributed by atoms with Gasteiger partial charge in [0.1, 0.15) is 28.5 Å². The fraction of sp³-hybridized carbons (Fsp3) is 0.611. The zero-order valence-corrected chi connectivity index (χ0v) is 16.4. The molecular formula is C18H25F2NO5S. The van der Waals surface area contributed by atoms with Crippen molar-refractivity contribution in [2.24, 2.45) is 0 Å². The first-order chi connectivity index (χ1) is 12.6. The summed E-state index contributed by atoms with van der Waals surface area (Å²) in [6.45, 7) is 6.03.